The molecule has 1 aromatic carbocycles. The van der Waals surface area contributed by atoms with Crippen molar-refractivity contribution in [2.45, 2.75) is 58.0 Å². The monoisotopic (exact) mass is 345 g/mol. The van der Waals surface area contributed by atoms with Crippen molar-refractivity contribution in [2.24, 2.45) is 0 Å². The van der Waals surface area contributed by atoms with E-state index in [0.717, 1.165) is 37.9 Å². The van der Waals surface area contributed by atoms with Crippen LogP contribution in [0.1, 0.15) is 52.0 Å². The predicted molar refractivity (Wildman–Crippen MR) is 100 cm³/mol. The molecule has 2 N–H and O–H groups in total. The average Bonchev–Trinajstić information content (AvgIpc) is 3.16. The highest BCUT2D eigenvalue weighted by Crippen LogP contribution is 2.31. The molecule has 5 nitrogen and oxygen atoms in total. The predicted octanol–water partition coefficient (Wildman–Crippen LogP) is 2.42. The van der Waals surface area contributed by atoms with Crippen molar-refractivity contribution >= 4 is 11.8 Å². The summed E-state index contributed by atoms with van der Waals surface area (Å²) in [4.78, 5) is 27.2. The number of rotatable bonds is 8. The molecule has 0 radical (unpaired) electrons. The molecule has 0 spiro atoms. The summed E-state index contributed by atoms with van der Waals surface area (Å²) in [5.41, 5.74) is 0.309. The Bertz CT molecular complexity index is 570. The van der Waals surface area contributed by atoms with Gasteiger partial charge >= 0.3 is 0 Å². The van der Waals surface area contributed by atoms with Gasteiger partial charge in [0.25, 0.3) is 0 Å². The van der Waals surface area contributed by atoms with Gasteiger partial charge in [0.1, 0.15) is 5.54 Å². The molecule has 2 rings (SSSR count). The van der Waals surface area contributed by atoms with Crippen molar-refractivity contribution in [3.63, 3.8) is 0 Å². The molecule has 138 valence electrons. The first-order chi connectivity index (χ1) is 12.0. The molecule has 0 aromatic heterocycles. The van der Waals surface area contributed by atoms with Crippen LogP contribution in [0.4, 0.5) is 0 Å². The maximum atomic E-state index is 13.0. The van der Waals surface area contributed by atoms with E-state index in [2.05, 4.69) is 15.5 Å². The summed E-state index contributed by atoms with van der Waals surface area (Å²) >= 11 is 0. The van der Waals surface area contributed by atoms with E-state index in [4.69, 9.17) is 0 Å². The van der Waals surface area contributed by atoms with Crippen LogP contribution in [-0.4, -0.2) is 42.4 Å². The van der Waals surface area contributed by atoms with E-state index in [1.807, 2.05) is 51.1 Å². The van der Waals surface area contributed by atoms with Crippen LogP contribution in [0, 0.1) is 0 Å². The number of likely N-dealkylation sites (tertiary alicyclic amines) is 1. The van der Waals surface area contributed by atoms with Crippen molar-refractivity contribution in [3.8, 4) is 0 Å². The van der Waals surface area contributed by atoms with Gasteiger partial charge in [-0.25, -0.2) is 0 Å². The lowest BCUT2D eigenvalue weighted by Gasteiger charge is -2.37. The third-order valence-corrected chi connectivity index (χ3v) is 5.17. The van der Waals surface area contributed by atoms with Crippen molar-refractivity contribution in [1.29, 1.82) is 0 Å². The van der Waals surface area contributed by atoms with Gasteiger partial charge < -0.3 is 10.6 Å². The molecule has 1 aliphatic rings. The highest BCUT2D eigenvalue weighted by atomic mass is 16.2. The quantitative estimate of drug-likeness (QED) is 0.761. The molecule has 0 aliphatic carbocycles. The van der Waals surface area contributed by atoms with Crippen LogP contribution >= 0.6 is 0 Å². The normalized spacial score (nSPS) is 18.4. The van der Waals surface area contributed by atoms with Crippen LogP contribution in [0.2, 0.25) is 0 Å². The Labute approximate surface area is 151 Å². The first-order valence-corrected chi connectivity index (χ1v) is 9.36. The van der Waals surface area contributed by atoms with Crippen molar-refractivity contribution < 1.29 is 9.59 Å². The number of nitrogens with zero attached hydrogens (tertiary/aromatic N) is 1. The first kappa shape index (κ1) is 19.4. The summed E-state index contributed by atoms with van der Waals surface area (Å²) in [6.45, 7) is 8.21. The standard InChI is InChI=1S/C20H31N3O2/c1-4-16(2)22-18(24)12-13-21-19(25)20(3,23-14-8-9-15-23)17-10-6-5-7-11-17/h5-7,10-11,16H,4,8-9,12-15H2,1-3H3,(H,21,25)(H,22,24)/t16-,20-/m1/s1. The average molecular weight is 345 g/mol. The van der Waals surface area contributed by atoms with Gasteiger partial charge in [0.15, 0.2) is 0 Å². The molecular formula is C20H31N3O2. The van der Waals surface area contributed by atoms with Crippen LogP contribution in [0.15, 0.2) is 30.3 Å². The van der Waals surface area contributed by atoms with E-state index in [1.165, 1.54) is 0 Å². The maximum Gasteiger partial charge on any atom is 0.244 e. The fraction of sp³-hybridized carbons (Fsp3) is 0.600. The van der Waals surface area contributed by atoms with E-state index in [1.54, 1.807) is 0 Å². The Balaban J connectivity index is 2.00. The maximum absolute atomic E-state index is 13.0. The second-order valence-corrected chi connectivity index (χ2v) is 7.02. The Morgan fingerprint density at radius 2 is 1.84 bits per heavy atom. The molecule has 1 fully saturated rings. The first-order valence-electron chi connectivity index (χ1n) is 9.36. The fourth-order valence-corrected chi connectivity index (χ4v) is 3.30. The Hall–Kier alpha value is -1.88. The lowest BCUT2D eigenvalue weighted by atomic mass is 9.89. The van der Waals surface area contributed by atoms with Crippen LogP contribution in [-0.2, 0) is 15.1 Å². The molecule has 2 atom stereocenters. The Morgan fingerprint density at radius 1 is 1.20 bits per heavy atom. The lowest BCUT2D eigenvalue weighted by molar-refractivity contribution is -0.132. The summed E-state index contributed by atoms with van der Waals surface area (Å²) < 4.78 is 0. The molecule has 2 amide bonds. The van der Waals surface area contributed by atoms with Gasteiger partial charge in [-0.2, -0.15) is 0 Å². The van der Waals surface area contributed by atoms with Gasteiger partial charge in [0.2, 0.25) is 11.8 Å². The van der Waals surface area contributed by atoms with Gasteiger partial charge in [0, 0.05) is 19.0 Å². The zero-order valence-electron chi connectivity index (χ0n) is 15.7. The van der Waals surface area contributed by atoms with Gasteiger partial charge in [-0.05, 0) is 51.8 Å². The van der Waals surface area contributed by atoms with Crippen molar-refractivity contribution in [2.75, 3.05) is 19.6 Å². The molecule has 0 unspecified atom stereocenters. The Morgan fingerprint density at radius 3 is 2.44 bits per heavy atom. The van der Waals surface area contributed by atoms with Gasteiger partial charge in [-0.15, -0.1) is 0 Å². The summed E-state index contributed by atoms with van der Waals surface area (Å²) in [5, 5.41) is 5.91. The summed E-state index contributed by atoms with van der Waals surface area (Å²) in [6.07, 6.45) is 3.44. The minimum absolute atomic E-state index is 0.0164. The SMILES string of the molecule is CC[C@@H](C)NC(=O)CCNC(=O)[C@@](C)(c1ccccc1)N1CCCC1. The van der Waals surface area contributed by atoms with E-state index >= 15 is 0 Å². The molecule has 0 bridgehead atoms. The summed E-state index contributed by atoms with van der Waals surface area (Å²) in [6, 6.07) is 10.1. The summed E-state index contributed by atoms with van der Waals surface area (Å²) in [7, 11) is 0. The zero-order chi connectivity index (χ0) is 18.3. The number of benzene rings is 1. The number of hydrogen-bond acceptors (Lipinski definition) is 3. The number of nitrogens with one attached hydrogen (secondary N) is 2. The van der Waals surface area contributed by atoms with Crippen LogP contribution in [0.5, 0.6) is 0 Å². The molecule has 25 heavy (non-hydrogen) atoms. The molecule has 1 saturated heterocycles. The number of hydrogen-bond donors (Lipinski definition) is 2. The molecule has 1 heterocycles. The highest BCUT2D eigenvalue weighted by molar-refractivity contribution is 5.88. The zero-order valence-corrected chi connectivity index (χ0v) is 15.7. The van der Waals surface area contributed by atoms with E-state index < -0.39 is 5.54 Å². The largest absolute Gasteiger partial charge is 0.354 e. The second kappa shape index (κ2) is 8.99. The third kappa shape index (κ3) is 4.82. The molecule has 0 saturated carbocycles. The van der Waals surface area contributed by atoms with Crippen LogP contribution < -0.4 is 10.6 Å². The Kier molecular flexibility index (Phi) is 7.00. The van der Waals surface area contributed by atoms with E-state index in [0.29, 0.717) is 13.0 Å². The smallest absolute Gasteiger partial charge is 0.244 e. The minimum atomic E-state index is -0.690. The molecule has 1 aliphatic heterocycles. The summed E-state index contributed by atoms with van der Waals surface area (Å²) in [5.74, 6) is -0.0471. The second-order valence-electron chi connectivity index (χ2n) is 7.02. The topological polar surface area (TPSA) is 61.4 Å². The van der Waals surface area contributed by atoms with E-state index in [-0.39, 0.29) is 17.9 Å². The highest BCUT2D eigenvalue weighted by Gasteiger charge is 2.41. The molecule has 1 aromatic rings. The lowest BCUT2D eigenvalue weighted by Crippen LogP contribution is -2.54. The van der Waals surface area contributed by atoms with Gasteiger partial charge in [-0.1, -0.05) is 37.3 Å². The number of amides is 2. The third-order valence-electron chi connectivity index (χ3n) is 5.17. The van der Waals surface area contributed by atoms with Gasteiger partial charge in [0.05, 0.1) is 0 Å². The number of carbonyl (C=O) groups is 2. The molecule has 5 heteroatoms. The minimum Gasteiger partial charge on any atom is -0.354 e. The fourth-order valence-electron chi connectivity index (χ4n) is 3.30. The molecular weight excluding hydrogens is 314 g/mol. The van der Waals surface area contributed by atoms with Crippen LogP contribution in [0.3, 0.4) is 0 Å². The van der Waals surface area contributed by atoms with Gasteiger partial charge in [-0.3, -0.25) is 14.5 Å². The van der Waals surface area contributed by atoms with Crippen LogP contribution in [0.25, 0.3) is 0 Å². The van der Waals surface area contributed by atoms with Crippen molar-refractivity contribution in [3.05, 3.63) is 35.9 Å². The van der Waals surface area contributed by atoms with Crippen molar-refractivity contribution in [1.82, 2.24) is 15.5 Å². The number of carbonyl (C=O) groups excluding carboxylic acids is 2. The van der Waals surface area contributed by atoms with E-state index in [9.17, 15) is 9.59 Å².